The van der Waals surface area contributed by atoms with E-state index in [0.717, 1.165) is 15.9 Å². The summed E-state index contributed by atoms with van der Waals surface area (Å²) in [5, 5.41) is 7.01. The Kier molecular flexibility index (Phi) is 4.79. The maximum Gasteiger partial charge on any atom is 0.229 e. The molecule has 2 aromatic rings. The van der Waals surface area contributed by atoms with Crippen molar-refractivity contribution in [3.63, 3.8) is 0 Å². The van der Waals surface area contributed by atoms with Crippen LogP contribution in [0.4, 0.5) is 5.69 Å². The summed E-state index contributed by atoms with van der Waals surface area (Å²) < 4.78 is 7.72. The molecule has 0 bridgehead atoms. The van der Waals surface area contributed by atoms with Gasteiger partial charge in [0.25, 0.3) is 0 Å². The van der Waals surface area contributed by atoms with Crippen molar-refractivity contribution < 1.29 is 9.53 Å². The van der Waals surface area contributed by atoms with E-state index in [1.807, 2.05) is 37.4 Å². The number of hydrogen-bond acceptors (Lipinski definition) is 3. The lowest BCUT2D eigenvalue weighted by molar-refractivity contribution is -0.119. The van der Waals surface area contributed by atoms with Gasteiger partial charge >= 0.3 is 0 Å². The van der Waals surface area contributed by atoms with E-state index in [2.05, 4.69) is 26.3 Å². The van der Waals surface area contributed by atoms with Crippen LogP contribution in [-0.2, 0) is 11.3 Å². The van der Waals surface area contributed by atoms with Crippen molar-refractivity contribution in [3.05, 3.63) is 41.1 Å². The topological polar surface area (TPSA) is 56.1 Å². The lowest BCUT2D eigenvalue weighted by atomic mass is 10.1. The Balaban J connectivity index is 1.93. The summed E-state index contributed by atoms with van der Waals surface area (Å²) >= 11 is 3.33. The molecule has 0 spiro atoms. The number of nitrogens with one attached hydrogen (secondary N) is 1. The zero-order valence-electron chi connectivity index (χ0n) is 11.3. The highest BCUT2D eigenvalue weighted by atomic mass is 79.9. The van der Waals surface area contributed by atoms with Crippen LogP contribution in [0.1, 0.15) is 6.92 Å². The molecule has 5 nitrogen and oxygen atoms in total. The standard InChI is InChI=1S/C14H16BrN3O2/c1-10(8-18-9-11(15)7-16-18)14(19)17-12-3-5-13(20-2)6-4-12/h3-7,9-10H,8H2,1-2H3,(H,17,19). The fourth-order valence-corrected chi connectivity index (χ4v) is 2.07. The van der Waals surface area contributed by atoms with Gasteiger partial charge in [-0.3, -0.25) is 9.48 Å². The average molecular weight is 338 g/mol. The normalized spacial score (nSPS) is 11.9. The zero-order valence-corrected chi connectivity index (χ0v) is 12.9. The third kappa shape index (κ3) is 3.84. The van der Waals surface area contributed by atoms with Crippen LogP contribution in [0.15, 0.2) is 41.1 Å². The summed E-state index contributed by atoms with van der Waals surface area (Å²) in [7, 11) is 1.61. The van der Waals surface area contributed by atoms with E-state index < -0.39 is 0 Å². The predicted octanol–water partition coefficient (Wildman–Crippen LogP) is 2.93. The number of halogens is 1. The second-order valence-corrected chi connectivity index (χ2v) is 5.42. The van der Waals surface area contributed by atoms with Crippen LogP contribution in [0.2, 0.25) is 0 Å². The van der Waals surface area contributed by atoms with E-state index in [4.69, 9.17) is 4.74 Å². The second-order valence-electron chi connectivity index (χ2n) is 4.50. The molecular formula is C14H16BrN3O2. The monoisotopic (exact) mass is 337 g/mol. The zero-order chi connectivity index (χ0) is 14.5. The Morgan fingerprint density at radius 1 is 1.45 bits per heavy atom. The molecule has 0 fully saturated rings. The molecule has 106 valence electrons. The largest absolute Gasteiger partial charge is 0.497 e. The van der Waals surface area contributed by atoms with Crippen molar-refractivity contribution in [3.8, 4) is 5.75 Å². The molecule has 0 radical (unpaired) electrons. The molecule has 0 saturated carbocycles. The number of rotatable bonds is 5. The minimum Gasteiger partial charge on any atom is -0.497 e. The van der Waals surface area contributed by atoms with E-state index in [-0.39, 0.29) is 11.8 Å². The van der Waals surface area contributed by atoms with E-state index >= 15 is 0 Å². The number of nitrogens with zero attached hydrogens (tertiary/aromatic N) is 2. The first kappa shape index (κ1) is 14.6. The predicted molar refractivity (Wildman–Crippen MR) is 80.7 cm³/mol. The van der Waals surface area contributed by atoms with Gasteiger partial charge in [-0.25, -0.2) is 0 Å². The molecule has 0 aliphatic heterocycles. The quantitative estimate of drug-likeness (QED) is 0.912. The Morgan fingerprint density at radius 2 is 2.15 bits per heavy atom. The molecule has 6 heteroatoms. The SMILES string of the molecule is COc1ccc(NC(=O)C(C)Cn2cc(Br)cn2)cc1. The van der Waals surface area contributed by atoms with Crippen molar-refractivity contribution in [2.24, 2.45) is 5.92 Å². The van der Waals surface area contributed by atoms with Gasteiger partial charge in [0.2, 0.25) is 5.91 Å². The van der Waals surface area contributed by atoms with Gasteiger partial charge in [-0.2, -0.15) is 5.10 Å². The number of anilines is 1. The molecule has 1 aromatic carbocycles. The van der Waals surface area contributed by atoms with E-state index in [1.54, 1.807) is 18.0 Å². The summed E-state index contributed by atoms with van der Waals surface area (Å²) in [5.74, 6) is 0.545. The van der Waals surface area contributed by atoms with Crippen molar-refractivity contribution in [2.75, 3.05) is 12.4 Å². The fourth-order valence-electron chi connectivity index (χ4n) is 1.74. The molecule has 2 rings (SSSR count). The molecule has 1 N–H and O–H groups in total. The molecule has 1 amide bonds. The van der Waals surface area contributed by atoms with E-state index in [0.29, 0.717) is 6.54 Å². The second kappa shape index (κ2) is 6.56. The summed E-state index contributed by atoms with van der Waals surface area (Å²) in [5.41, 5.74) is 0.754. The minimum absolute atomic E-state index is 0.0400. The van der Waals surface area contributed by atoms with Gasteiger partial charge in [0.05, 0.1) is 30.2 Å². The highest BCUT2D eigenvalue weighted by Gasteiger charge is 2.14. The fraction of sp³-hybridized carbons (Fsp3) is 0.286. The highest BCUT2D eigenvalue weighted by Crippen LogP contribution is 2.16. The Hall–Kier alpha value is -1.82. The number of methoxy groups -OCH3 is 1. The van der Waals surface area contributed by atoms with Crippen molar-refractivity contribution in [1.82, 2.24) is 9.78 Å². The Labute approximate surface area is 126 Å². The van der Waals surface area contributed by atoms with Crippen molar-refractivity contribution in [1.29, 1.82) is 0 Å². The van der Waals surface area contributed by atoms with Crippen LogP contribution in [0.25, 0.3) is 0 Å². The number of hydrogen-bond donors (Lipinski definition) is 1. The van der Waals surface area contributed by atoms with Gasteiger partial charge in [-0.1, -0.05) is 6.92 Å². The van der Waals surface area contributed by atoms with Crippen LogP contribution in [0.3, 0.4) is 0 Å². The first-order valence-corrected chi connectivity index (χ1v) is 7.00. The van der Waals surface area contributed by atoms with Gasteiger partial charge in [-0.15, -0.1) is 0 Å². The third-order valence-corrected chi connectivity index (χ3v) is 3.28. The Bertz CT molecular complexity index is 580. The molecule has 1 unspecified atom stereocenters. The molecular weight excluding hydrogens is 322 g/mol. The first-order valence-electron chi connectivity index (χ1n) is 6.21. The summed E-state index contributed by atoms with van der Waals surface area (Å²) in [6.45, 7) is 2.40. The van der Waals surface area contributed by atoms with Crippen LogP contribution in [0, 0.1) is 5.92 Å². The van der Waals surface area contributed by atoms with Crippen LogP contribution < -0.4 is 10.1 Å². The summed E-state index contributed by atoms with van der Waals surface area (Å²) in [6.07, 6.45) is 3.55. The van der Waals surface area contributed by atoms with Gasteiger partial charge < -0.3 is 10.1 Å². The lowest BCUT2D eigenvalue weighted by Gasteiger charge is -2.12. The summed E-state index contributed by atoms with van der Waals surface area (Å²) in [6, 6.07) is 7.25. The first-order chi connectivity index (χ1) is 9.58. The molecule has 1 aromatic heterocycles. The number of ether oxygens (including phenoxy) is 1. The maximum atomic E-state index is 12.1. The van der Waals surface area contributed by atoms with Crippen LogP contribution in [0.5, 0.6) is 5.75 Å². The van der Waals surface area contributed by atoms with Gasteiger partial charge in [0.15, 0.2) is 0 Å². The van der Waals surface area contributed by atoms with Gasteiger partial charge in [0.1, 0.15) is 5.75 Å². The van der Waals surface area contributed by atoms with E-state index in [1.165, 1.54) is 0 Å². The van der Waals surface area contributed by atoms with Crippen molar-refractivity contribution in [2.45, 2.75) is 13.5 Å². The minimum atomic E-state index is -0.177. The van der Waals surface area contributed by atoms with E-state index in [9.17, 15) is 4.79 Å². The molecule has 0 saturated heterocycles. The molecule has 0 aliphatic carbocycles. The number of aromatic nitrogens is 2. The Morgan fingerprint density at radius 3 is 2.70 bits per heavy atom. The summed E-state index contributed by atoms with van der Waals surface area (Å²) in [4.78, 5) is 12.1. The molecule has 0 aliphatic rings. The van der Waals surface area contributed by atoms with Crippen LogP contribution in [-0.4, -0.2) is 22.8 Å². The molecule has 1 atom stereocenters. The highest BCUT2D eigenvalue weighted by molar-refractivity contribution is 9.10. The number of carbonyl (C=O) groups is 1. The number of amides is 1. The number of benzene rings is 1. The molecule has 20 heavy (non-hydrogen) atoms. The van der Waals surface area contributed by atoms with Crippen LogP contribution >= 0.6 is 15.9 Å². The molecule has 1 heterocycles. The number of carbonyl (C=O) groups excluding carboxylic acids is 1. The third-order valence-electron chi connectivity index (χ3n) is 2.87. The van der Waals surface area contributed by atoms with Gasteiger partial charge in [0, 0.05) is 11.9 Å². The lowest BCUT2D eigenvalue weighted by Crippen LogP contribution is -2.24. The van der Waals surface area contributed by atoms with Crippen molar-refractivity contribution >= 4 is 27.5 Å². The maximum absolute atomic E-state index is 12.1. The van der Waals surface area contributed by atoms with Gasteiger partial charge in [-0.05, 0) is 40.2 Å². The smallest absolute Gasteiger partial charge is 0.229 e. The average Bonchev–Trinajstić information content (AvgIpc) is 2.85.